The van der Waals surface area contributed by atoms with E-state index < -0.39 is 12.1 Å². The van der Waals surface area contributed by atoms with E-state index in [0.29, 0.717) is 12.5 Å². The molecule has 6 heteroatoms. The average molecular weight is 264 g/mol. The van der Waals surface area contributed by atoms with Crippen LogP contribution >= 0.6 is 0 Å². The molecule has 0 aromatic rings. The Kier molecular flexibility index (Phi) is 4.14. The largest absolute Gasteiger partial charge is 0.471 e. The average Bonchev–Trinajstić information content (AvgIpc) is 2.90. The Bertz CT molecular complexity index is 300. The first kappa shape index (κ1) is 13.6. The number of rotatable bonds is 3. The van der Waals surface area contributed by atoms with Crippen molar-refractivity contribution in [1.82, 2.24) is 10.6 Å². The first-order chi connectivity index (χ1) is 8.47. The summed E-state index contributed by atoms with van der Waals surface area (Å²) in [6.07, 6.45) is 2.13. The van der Waals surface area contributed by atoms with E-state index >= 15 is 0 Å². The molecule has 2 atom stereocenters. The molecule has 0 bridgehead atoms. The van der Waals surface area contributed by atoms with Gasteiger partial charge in [0.1, 0.15) is 0 Å². The van der Waals surface area contributed by atoms with E-state index in [1.807, 2.05) is 0 Å². The van der Waals surface area contributed by atoms with Crippen LogP contribution in [-0.4, -0.2) is 30.2 Å². The van der Waals surface area contributed by atoms with Crippen molar-refractivity contribution < 1.29 is 18.0 Å². The minimum absolute atomic E-state index is 0.000556. The molecule has 18 heavy (non-hydrogen) atoms. The molecule has 3 nitrogen and oxygen atoms in total. The van der Waals surface area contributed by atoms with Crippen LogP contribution in [0.15, 0.2) is 0 Å². The van der Waals surface area contributed by atoms with Crippen molar-refractivity contribution in [1.29, 1.82) is 0 Å². The van der Waals surface area contributed by atoms with E-state index in [4.69, 9.17) is 0 Å². The summed E-state index contributed by atoms with van der Waals surface area (Å²) in [6.45, 7) is 0. The van der Waals surface area contributed by atoms with Gasteiger partial charge in [0.15, 0.2) is 0 Å². The Balaban J connectivity index is 1.85. The second-order valence-electron chi connectivity index (χ2n) is 5.26. The van der Waals surface area contributed by atoms with E-state index in [0.717, 1.165) is 25.7 Å². The second-order valence-corrected chi connectivity index (χ2v) is 5.26. The number of hydrogen-bond donors (Lipinski definition) is 2. The SMILES string of the molecule is O=C(N[C@H]1CCC[C@@H]1NC1CCCC1)C(F)(F)F. The van der Waals surface area contributed by atoms with Gasteiger partial charge in [-0.05, 0) is 32.1 Å². The van der Waals surface area contributed by atoms with Crippen molar-refractivity contribution in [3.05, 3.63) is 0 Å². The standard InChI is InChI=1S/C12H19F3N2O/c13-12(14,15)11(18)17-10-7-3-6-9(10)16-8-4-1-2-5-8/h8-10,16H,1-7H2,(H,17,18)/t9-,10-/m0/s1. The molecule has 2 saturated carbocycles. The molecule has 2 N–H and O–H groups in total. The molecular weight excluding hydrogens is 245 g/mol. The first-order valence-corrected chi connectivity index (χ1v) is 6.60. The third-order valence-corrected chi connectivity index (χ3v) is 3.89. The van der Waals surface area contributed by atoms with Gasteiger partial charge in [-0.2, -0.15) is 13.2 Å². The topological polar surface area (TPSA) is 41.1 Å². The van der Waals surface area contributed by atoms with Crippen LogP contribution in [0, 0.1) is 0 Å². The number of carbonyl (C=O) groups excluding carboxylic acids is 1. The lowest BCUT2D eigenvalue weighted by atomic mass is 10.1. The molecule has 104 valence electrons. The molecule has 0 aromatic heterocycles. The van der Waals surface area contributed by atoms with Crippen molar-refractivity contribution in [2.75, 3.05) is 0 Å². The van der Waals surface area contributed by atoms with Gasteiger partial charge in [0.25, 0.3) is 0 Å². The van der Waals surface area contributed by atoms with Gasteiger partial charge in [0.05, 0.1) is 0 Å². The molecule has 0 spiro atoms. The zero-order chi connectivity index (χ0) is 13.2. The van der Waals surface area contributed by atoms with Crippen LogP contribution in [0.2, 0.25) is 0 Å². The van der Waals surface area contributed by atoms with Crippen LogP contribution in [0.5, 0.6) is 0 Å². The molecule has 0 saturated heterocycles. The van der Waals surface area contributed by atoms with Crippen molar-refractivity contribution in [3.63, 3.8) is 0 Å². The highest BCUT2D eigenvalue weighted by Gasteiger charge is 2.42. The van der Waals surface area contributed by atoms with E-state index in [-0.39, 0.29) is 12.1 Å². The fraction of sp³-hybridized carbons (Fsp3) is 0.917. The number of hydrogen-bond acceptors (Lipinski definition) is 2. The van der Waals surface area contributed by atoms with E-state index in [2.05, 4.69) is 10.6 Å². The van der Waals surface area contributed by atoms with Crippen LogP contribution in [0.25, 0.3) is 0 Å². The van der Waals surface area contributed by atoms with Crippen molar-refractivity contribution >= 4 is 5.91 Å². The maximum Gasteiger partial charge on any atom is 0.471 e. The summed E-state index contributed by atoms with van der Waals surface area (Å²) >= 11 is 0. The molecule has 0 heterocycles. The van der Waals surface area contributed by atoms with Crippen LogP contribution in [0.1, 0.15) is 44.9 Å². The lowest BCUT2D eigenvalue weighted by molar-refractivity contribution is -0.174. The molecule has 2 fully saturated rings. The molecule has 0 unspecified atom stereocenters. The zero-order valence-electron chi connectivity index (χ0n) is 10.2. The minimum atomic E-state index is -4.78. The normalized spacial score (nSPS) is 29.7. The van der Waals surface area contributed by atoms with Crippen molar-refractivity contribution in [2.45, 2.75) is 69.2 Å². The van der Waals surface area contributed by atoms with Crippen LogP contribution in [0.3, 0.4) is 0 Å². The number of carbonyl (C=O) groups is 1. The Morgan fingerprint density at radius 2 is 1.56 bits per heavy atom. The molecule has 0 aromatic carbocycles. The molecule has 2 rings (SSSR count). The van der Waals surface area contributed by atoms with Gasteiger partial charge in [-0.1, -0.05) is 12.8 Å². The molecule has 0 radical (unpaired) electrons. The lowest BCUT2D eigenvalue weighted by Crippen LogP contribution is -2.52. The summed E-state index contributed by atoms with van der Waals surface area (Å²) in [5, 5.41) is 5.52. The number of alkyl halides is 3. The lowest BCUT2D eigenvalue weighted by Gasteiger charge is -2.25. The summed E-state index contributed by atoms with van der Waals surface area (Å²) in [7, 11) is 0. The van der Waals surface area contributed by atoms with Crippen LogP contribution in [-0.2, 0) is 4.79 Å². The Hall–Kier alpha value is -0.780. The fourth-order valence-corrected chi connectivity index (χ4v) is 2.98. The van der Waals surface area contributed by atoms with Crippen LogP contribution < -0.4 is 10.6 Å². The second kappa shape index (κ2) is 5.47. The van der Waals surface area contributed by atoms with Gasteiger partial charge in [-0.25, -0.2) is 0 Å². The monoisotopic (exact) mass is 264 g/mol. The highest BCUT2D eigenvalue weighted by Crippen LogP contribution is 2.25. The van der Waals surface area contributed by atoms with E-state index in [1.54, 1.807) is 0 Å². The third-order valence-electron chi connectivity index (χ3n) is 3.89. The van der Waals surface area contributed by atoms with Gasteiger partial charge < -0.3 is 10.6 Å². The first-order valence-electron chi connectivity index (χ1n) is 6.60. The van der Waals surface area contributed by atoms with Gasteiger partial charge in [-0.15, -0.1) is 0 Å². The van der Waals surface area contributed by atoms with Gasteiger partial charge in [-0.3, -0.25) is 4.79 Å². The number of nitrogens with one attached hydrogen (secondary N) is 2. The smallest absolute Gasteiger partial charge is 0.344 e. The Morgan fingerprint density at radius 1 is 0.944 bits per heavy atom. The Morgan fingerprint density at radius 3 is 2.17 bits per heavy atom. The van der Waals surface area contributed by atoms with Crippen molar-refractivity contribution in [3.8, 4) is 0 Å². The quantitative estimate of drug-likeness (QED) is 0.819. The highest BCUT2D eigenvalue weighted by atomic mass is 19.4. The zero-order valence-corrected chi connectivity index (χ0v) is 10.2. The summed E-state index contributed by atoms with van der Waals surface area (Å²) < 4.78 is 36.6. The van der Waals surface area contributed by atoms with Gasteiger partial charge in [0.2, 0.25) is 0 Å². The van der Waals surface area contributed by atoms with Gasteiger partial charge >= 0.3 is 12.1 Å². The molecule has 1 amide bonds. The van der Waals surface area contributed by atoms with Crippen molar-refractivity contribution in [2.24, 2.45) is 0 Å². The van der Waals surface area contributed by atoms with E-state index in [9.17, 15) is 18.0 Å². The summed E-state index contributed by atoms with van der Waals surface area (Å²) in [6, 6.07) is 0.0394. The van der Waals surface area contributed by atoms with Crippen LogP contribution in [0.4, 0.5) is 13.2 Å². The number of amides is 1. The number of halogens is 3. The predicted molar refractivity (Wildman–Crippen MR) is 61.0 cm³/mol. The maximum absolute atomic E-state index is 12.2. The third kappa shape index (κ3) is 3.37. The molecule has 0 aliphatic heterocycles. The Labute approximate surface area is 104 Å². The summed E-state index contributed by atoms with van der Waals surface area (Å²) in [5.41, 5.74) is 0. The molecule has 2 aliphatic rings. The van der Waals surface area contributed by atoms with E-state index in [1.165, 1.54) is 12.8 Å². The highest BCUT2D eigenvalue weighted by molar-refractivity contribution is 5.82. The fourth-order valence-electron chi connectivity index (χ4n) is 2.98. The minimum Gasteiger partial charge on any atom is -0.344 e. The summed E-state index contributed by atoms with van der Waals surface area (Å²) in [5.74, 6) is -1.81. The van der Waals surface area contributed by atoms with Gasteiger partial charge in [0, 0.05) is 18.1 Å². The molecule has 2 aliphatic carbocycles. The predicted octanol–water partition coefficient (Wildman–Crippen LogP) is 2.12. The summed E-state index contributed by atoms with van der Waals surface area (Å²) in [4.78, 5) is 10.9. The molecular formula is C12H19F3N2O. The maximum atomic E-state index is 12.2.